The Balaban J connectivity index is 1.56. The maximum absolute atomic E-state index is 14.0. The fourth-order valence-electron chi connectivity index (χ4n) is 4.91. The van der Waals surface area contributed by atoms with Gasteiger partial charge in [0, 0.05) is 31.3 Å². The van der Waals surface area contributed by atoms with E-state index < -0.39 is 11.8 Å². The lowest BCUT2D eigenvalue weighted by Crippen LogP contribution is -2.41. The molecule has 12 heteroatoms. The molecular formula is C27H29F3N6O3. The van der Waals surface area contributed by atoms with Crippen molar-refractivity contribution in [3.8, 4) is 28.8 Å². The van der Waals surface area contributed by atoms with Crippen LogP contribution in [0.25, 0.3) is 17.2 Å². The number of alkyl halides is 3. The predicted octanol–water partition coefficient (Wildman–Crippen LogP) is 5.20. The fraction of sp³-hybridized carbons (Fsp3) is 0.407. The van der Waals surface area contributed by atoms with Gasteiger partial charge < -0.3 is 18.8 Å². The van der Waals surface area contributed by atoms with Crippen LogP contribution in [0.2, 0.25) is 0 Å². The fourth-order valence-corrected chi connectivity index (χ4v) is 4.91. The molecule has 2 atom stereocenters. The summed E-state index contributed by atoms with van der Waals surface area (Å²) in [6, 6.07) is 8.10. The first kappa shape index (κ1) is 26.7. The standard InChI is InChI=1S/C27H29F3N6O3/c1-16-14-35(15-31-16)21-10-9-20(32-25(21)38-4)23-33-24-18(7-6-12-36(24)34-23)19-13-17(8-11-22(19)37-3)26(2,39-5)27(28,29)30/h8-11,13-15,18H,6-7,12H2,1-5H3/t18-,26+/m0/s1. The van der Waals surface area contributed by atoms with E-state index >= 15 is 0 Å². The molecule has 0 bridgehead atoms. The smallest absolute Gasteiger partial charge is 0.421 e. The van der Waals surface area contributed by atoms with E-state index in [1.807, 2.05) is 23.8 Å². The first-order valence-corrected chi connectivity index (χ1v) is 12.4. The van der Waals surface area contributed by atoms with Gasteiger partial charge in [-0.3, -0.25) is 0 Å². The summed E-state index contributed by atoms with van der Waals surface area (Å²) in [5.74, 6) is 1.56. The largest absolute Gasteiger partial charge is 0.496 e. The summed E-state index contributed by atoms with van der Waals surface area (Å²) in [6.07, 6.45) is 0.376. The third-order valence-corrected chi connectivity index (χ3v) is 7.23. The Morgan fingerprint density at radius 1 is 1.03 bits per heavy atom. The highest BCUT2D eigenvalue weighted by Crippen LogP contribution is 2.45. The second-order valence-electron chi connectivity index (χ2n) is 9.55. The molecule has 5 rings (SSSR count). The molecule has 39 heavy (non-hydrogen) atoms. The Labute approximate surface area is 223 Å². The summed E-state index contributed by atoms with van der Waals surface area (Å²) in [5.41, 5.74) is 0.197. The van der Waals surface area contributed by atoms with E-state index in [2.05, 4.69) is 15.1 Å². The van der Waals surface area contributed by atoms with Crippen molar-refractivity contribution in [2.45, 2.75) is 50.9 Å². The average Bonchev–Trinajstić information content (AvgIpc) is 3.57. The Hall–Kier alpha value is -3.93. The van der Waals surface area contributed by atoms with Gasteiger partial charge in [0.2, 0.25) is 5.88 Å². The van der Waals surface area contributed by atoms with Gasteiger partial charge in [-0.2, -0.15) is 13.2 Å². The number of halogens is 3. The SMILES string of the molecule is COc1ccc([C@@](C)(OC)C(F)(F)F)cc1[C@@H]1CCCn2nc(-c3ccc(-n4cnc(C)c4)c(OC)n3)nc21. The Morgan fingerprint density at radius 3 is 2.46 bits per heavy atom. The summed E-state index contributed by atoms with van der Waals surface area (Å²) in [5, 5.41) is 4.68. The molecule has 1 aliphatic heterocycles. The topological polar surface area (TPSA) is 89.1 Å². The first-order chi connectivity index (χ1) is 18.6. The predicted molar refractivity (Wildman–Crippen MR) is 136 cm³/mol. The van der Waals surface area contributed by atoms with Crippen LogP contribution in [-0.4, -0.2) is 56.8 Å². The van der Waals surface area contributed by atoms with Gasteiger partial charge in [0.1, 0.15) is 23.0 Å². The summed E-state index contributed by atoms with van der Waals surface area (Å²) in [7, 11) is 4.09. The monoisotopic (exact) mass is 542 g/mol. The second-order valence-corrected chi connectivity index (χ2v) is 9.55. The van der Waals surface area contributed by atoms with Crippen molar-refractivity contribution in [2.24, 2.45) is 0 Å². The quantitative estimate of drug-likeness (QED) is 0.317. The van der Waals surface area contributed by atoms with E-state index in [9.17, 15) is 13.2 Å². The van der Waals surface area contributed by atoms with E-state index in [1.54, 1.807) is 23.1 Å². The van der Waals surface area contributed by atoms with Crippen LogP contribution >= 0.6 is 0 Å². The van der Waals surface area contributed by atoms with Gasteiger partial charge in [-0.25, -0.2) is 19.6 Å². The van der Waals surface area contributed by atoms with Crippen LogP contribution in [-0.2, 0) is 16.9 Å². The summed E-state index contributed by atoms with van der Waals surface area (Å²) < 4.78 is 61.6. The number of nitrogens with zero attached hydrogens (tertiary/aromatic N) is 6. The molecule has 4 aromatic rings. The van der Waals surface area contributed by atoms with Gasteiger partial charge in [0.15, 0.2) is 11.4 Å². The molecule has 3 aromatic heterocycles. The maximum Gasteiger partial charge on any atom is 0.421 e. The highest BCUT2D eigenvalue weighted by Gasteiger charge is 2.53. The lowest BCUT2D eigenvalue weighted by molar-refractivity contribution is -0.269. The Morgan fingerprint density at radius 2 is 1.82 bits per heavy atom. The zero-order chi connectivity index (χ0) is 27.9. The van der Waals surface area contributed by atoms with Crippen LogP contribution in [0.4, 0.5) is 13.2 Å². The number of pyridine rings is 1. The number of imidazole rings is 1. The van der Waals surface area contributed by atoms with Gasteiger partial charge in [-0.15, -0.1) is 5.10 Å². The number of aromatic nitrogens is 6. The van der Waals surface area contributed by atoms with Crippen LogP contribution in [0, 0.1) is 6.92 Å². The minimum Gasteiger partial charge on any atom is -0.496 e. The molecule has 0 unspecified atom stereocenters. The summed E-state index contributed by atoms with van der Waals surface area (Å²) in [4.78, 5) is 13.7. The summed E-state index contributed by atoms with van der Waals surface area (Å²) >= 11 is 0. The van der Waals surface area contributed by atoms with E-state index in [4.69, 9.17) is 19.2 Å². The van der Waals surface area contributed by atoms with Crippen LogP contribution in [0.15, 0.2) is 42.9 Å². The molecule has 4 heterocycles. The number of hydrogen-bond donors (Lipinski definition) is 0. The number of ether oxygens (including phenoxy) is 3. The lowest BCUT2D eigenvalue weighted by atomic mass is 9.86. The van der Waals surface area contributed by atoms with Crippen LogP contribution < -0.4 is 9.47 Å². The minimum atomic E-state index is -4.61. The van der Waals surface area contributed by atoms with Crippen LogP contribution in [0.3, 0.4) is 0 Å². The summed E-state index contributed by atoms with van der Waals surface area (Å²) in [6.45, 7) is 3.54. The second kappa shape index (κ2) is 9.99. The van der Waals surface area contributed by atoms with E-state index in [0.717, 1.165) is 31.8 Å². The van der Waals surface area contributed by atoms with Gasteiger partial charge >= 0.3 is 6.18 Å². The molecule has 206 valence electrons. The van der Waals surface area contributed by atoms with E-state index in [-0.39, 0.29) is 11.5 Å². The molecule has 0 saturated carbocycles. The third-order valence-electron chi connectivity index (χ3n) is 7.23. The lowest BCUT2D eigenvalue weighted by Gasteiger charge is -2.32. The Kier molecular flexibility index (Phi) is 6.83. The van der Waals surface area contributed by atoms with Gasteiger partial charge in [-0.1, -0.05) is 6.07 Å². The van der Waals surface area contributed by atoms with Crippen LogP contribution in [0.1, 0.15) is 48.3 Å². The van der Waals surface area contributed by atoms with Crippen molar-refractivity contribution in [2.75, 3.05) is 21.3 Å². The molecule has 0 spiro atoms. The number of aryl methyl sites for hydroxylation is 2. The highest BCUT2D eigenvalue weighted by molar-refractivity contribution is 5.56. The van der Waals surface area contributed by atoms with Crippen molar-refractivity contribution in [1.29, 1.82) is 0 Å². The molecule has 0 radical (unpaired) electrons. The van der Waals surface area contributed by atoms with Gasteiger partial charge in [-0.05, 0) is 56.5 Å². The minimum absolute atomic E-state index is 0.0121. The van der Waals surface area contributed by atoms with Crippen molar-refractivity contribution >= 4 is 0 Å². The molecule has 0 N–H and O–H groups in total. The molecule has 1 aliphatic rings. The number of rotatable bonds is 7. The molecule has 0 fully saturated rings. The number of fused-ring (bicyclic) bond motifs is 1. The first-order valence-electron chi connectivity index (χ1n) is 12.4. The number of hydrogen-bond acceptors (Lipinski definition) is 7. The molecule has 1 aromatic carbocycles. The maximum atomic E-state index is 14.0. The van der Waals surface area contributed by atoms with Crippen LogP contribution in [0.5, 0.6) is 11.6 Å². The average molecular weight is 543 g/mol. The highest BCUT2D eigenvalue weighted by atomic mass is 19.4. The molecular weight excluding hydrogens is 513 g/mol. The van der Waals surface area contributed by atoms with Crippen molar-refractivity contribution in [3.05, 3.63) is 65.5 Å². The third kappa shape index (κ3) is 4.62. The van der Waals surface area contributed by atoms with E-state index in [0.29, 0.717) is 47.5 Å². The zero-order valence-corrected chi connectivity index (χ0v) is 22.3. The number of methoxy groups -OCH3 is 3. The van der Waals surface area contributed by atoms with Gasteiger partial charge in [0.05, 0.1) is 26.2 Å². The Bertz CT molecular complexity index is 1500. The molecule has 0 saturated heterocycles. The van der Waals surface area contributed by atoms with E-state index in [1.165, 1.54) is 26.4 Å². The molecule has 9 nitrogen and oxygen atoms in total. The number of benzene rings is 1. The van der Waals surface area contributed by atoms with Crippen molar-refractivity contribution in [3.63, 3.8) is 0 Å². The molecule has 0 amide bonds. The normalized spacial score (nSPS) is 17.0. The van der Waals surface area contributed by atoms with Crippen molar-refractivity contribution in [1.82, 2.24) is 29.3 Å². The van der Waals surface area contributed by atoms with Gasteiger partial charge in [0.25, 0.3) is 0 Å². The van der Waals surface area contributed by atoms with Crippen molar-refractivity contribution < 1.29 is 27.4 Å². The zero-order valence-electron chi connectivity index (χ0n) is 22.3. The molecule has 0 aliphatic carbocycles.